The first-order chi connectivity index (χ1) is 20.7. The summed E-state index contributed by atoms with van der Waals surface area (Å²) in [5, 5.41) is 4.73. The van der Waals surface area contributed by atoms with E-state index in [-0.39, 0.29) is 17.5 Å². The topological polar surface area (TPSA) is 86.6 Å². The summed E-state index contributed by atoms with van der Waals surface area (Å²) in [6.45, 7) is 10.9. The third-order valence-electron chi connectivity index (χ3n) is 8.83. The second-order valence-electron chi connectivity index (χ2n) is 11.8. The van der Waals surface area contributed by atoms with Crippen LogP contribution in [-0.4, -0.2) is 76.6 Å². The second kappa shape index (κ2) is 12.0. The first-order valence-electron chi connectivity index (χ1n) is 14.9. The largest absolute Gasteiger partial charge is 0.369 e. The van der Waals surface area contributed by atoms with E-state index in [9.17, 15) is 9.59 Å². The molecule has 4 heterocycles. The van der Waals surface area contributed by atoms with E-state index in [4.69, 9.17) is 16.6 Å². The number of halogens is 1. The first kappa shape index (κ1) is 29.1. The molecule has 0 bridgehead atoms. The summed E-state index contributed by atoms with van der Waals surface area (Å²) in [7, 11) is 2.16. The maximum atomic E-state index is 14.3. The van der Waals surface area contributed by atoms with Gasteiger partial charge in [0.1, 0.15) is 5.65 Å². The number of anilines is 3. The number of benzene rings is 2. The fourth-order valence-electron chi connectivity index (χ4n) is 6.43. The van der Waals surface area contributed by atoms with Crippen molar-refractivity contribution in [1.29, 1.82) is 0 Å². The van der Waals surface area contributed by atoms with Crippen molar-refractivity contribution in [1.82, 2.24) is 24.3 Å². The summed E-state index contributed by atoms with van der Waals surface area (Å²) >= 11 is 6.34. The lowest BCUT2D eigenvalue weighted by molar-refractivity contribution is -0.130. The molecule has 2 aliphatic heterocycles. The molecule has 6 rings (SSSR count). The average molecular weight is 600 g/mol. The maximum Gasteiger partial charge on any atom is 0.260 e. The molecule has 43 heavy (non-hydrogen) atoms. The van der Waals surface area contributed by atoms with Gasteiger partial charge in [0.25, 0.3) is 5.56 Å². The number of nitrogens with zero attached hydrogens (tertiary/aromatic N) is 6. The molecule has 1 atom stereocenters. The molecule has 9 nitrogen and oxygen atoms in total. The van der Waals surface area contributed by atoms with E-state index in [0.717, 1.165) is 61.2 Å². The van der Waals surface area contributed by atoms with Gasteiger partial charge in [-0.2, -0.15) is 4.98 Å². The highest BCUT2D eigenvalue weighted by Gasteiger charge is 2.28. The van der Waals surface area contributed by atoms with E-state index in [2.05, 4.69) is 52.3 Å². The maximum absolute atomic E-state index is 14.3. The number of rotatable bonds is 5. The van der Waals surface area contributed by atoms with Crippen LogP contribution in [0.4, 0.5) is 17.3 Å². The standard InChI is InChI=1S/C33H38ClN7O2/c1-21-17-26(10-11-29(21)39-15-13-38(4)14-16-39)36-33-35-19-28-22(2)30(24-7-5-8-25(34)18-24)32(43)41(31(28)37-33)27-9-6-12-40(20-27)23(3)42/h5,7-8,10-11,17-19,27H,6,9,12-16,20H2,1-4H3,(H,35,36,37)/t27-/m0/s1. The molecule has 0 unspecified atom stereocenters. The van der Waals surface area contributed by atoms with E-state index in [1.807, 2.05) is 30.0 Å². The Hall–Kier alpha value is -3.95. The minimum Gasteiger partial charge on any atom is -0.369 e. The highest BCUT2D eigenvalue weighted by Crippen LogP contribution is 2.32. The normalized spacial score (nSPS) is 17.8. The molecule has 2 saturated heterocycles. The summed E-state index contributed by atoms with van der Waals surface area (Å²) in [4.78, 5) is 42.9. The van der Waals surface area contributed by atoms with Crippen LogP contribution in [-0.2, 0) is 4.79 Å². The molecule has 0 aliphatic carbocycles. The number of aryl methyl sites for hydroxylation is 2. The van der Waals surface area contributed by atoms with Gasteiger partial charge in [0, 0.05) is 74.2 Å². The quantitative estimate of drug-likeness (QED) is 0.328. The number of fused-ring (bicyclic) bond motifs is 1. The minimum absolute atomic E-state index is 0.0107. The van der Waals surface area contributed by atoms with Gasteiger partial charge in [-0.25, -0.2) is 4.98 Å². The predicted molar refractivity (Wildman–Crippen MR) is 174 cm³/mol. The van der Waals surface area contributed by atoms with Crippen molar-refractivity contribution in [3.63, 3.8) is 0 Å². The Morgan fingerprint density at radius 2 is 1.84 bits per heavy atom. The summed E-state index contributed by atoms with van der Waals surface area (Å²) < 4.78 is 1.78. The molecular weight excluding hydrogens is 562 g/mol. The molecule has 1 amide bonds. The van der Waals surface area contributed by atoms with Gasteiger partial charge >= 0.3 is 0 Å². The summed E-state index contributed by atoms with van der Waals surface area (Å²) in [5.74, 6) is 0.429. The van der Waals surface area contributed by atoms with Crippen molar-refractivity contribution < 1.29 is 4.79 Å². The van der Waals surface area contributed by atoms with Crippen LogP contribution in [0.25, 0.3) is 22.2 Å². The zero-order valence-electron chi connectivity index (χ0n) is 25.2. The number of hydrogen-bond donors (Lipinski definition) is 1. The zero-order valence-corrected chi connectivity index (χ0v) is 26.0. The number of carbonyl (C=O) groups excluding carboxylic acids is 1. The Kier molecular flexibility index (Phi) is 8.11. The molecule has 4 aromatic rings. The molecular formula is C33H38ClN7O2. The number of pyridine rings is 1. The fourth-order valence-corrected chi connectivity index (χ4v) is 6.62. The van der Waals surface area contributed by atoms with Crippen LogP contribution in [0.2, 0.25) is 5.02 Å². The van der Waals surface area contributed by atoms with Gasteiger partial charge in [-0.3, -0.25) is 14.2 Å². The van der Waals surface area contributed by atoms with Crippen molar-refractivity contribution in [2.24, 2.45) is 0 Å². The van der Waals surface area contributed by atoms with Crippen LogP contribution < -0.4 is 15.8 Å². The lowest BCUT2D eigenvalue weighted by atomic mass is 9.98. The smallest absolute Gasteiger partial charge is 0.260 e. The predicted octanol–water partition coefficient (Wildman–Crippen LogP) is 5.41. The summed E-state index contributed by atoms with van der Waals surface area (Å²) in [6.07, 6.45) is 3.38. The molecule has 2 aromatic carbocycles. The summed E-state index contributed by atoms with van der Waals surface area (Å²) in [5.41, 5.74) is 5.86. The van der Waals surface area contributed by atoms with Gasteiger partial charge in [-0.05, 0) is 80.8 Å². The average Bonchev–Trinajstić information content (AvgIpc) is 2.98. The number of hydrogen-bond acceptors (Lipinski definition) is 7. The minimum atomic E-state index is -0.209. The molecule has 2 aromatic heterocycles. The number of nitrogens with one attached hydrogen (secondary N) is 1. The molecule has 10 heteroatoms. The molecule has 2 fully saturated rings. The van der Waals surface area contributed by atoms with Crippen LogP contribution in [0.1, 0.15) is 36.9 Å². The van der Waals surface area contributed by atoms with E-state index in [0.29, 0.717) is 35.3 Å². The highest BCUT2D eigenvalue weighted by atomic mass is 35.5. The van der Waals surface area contributed by atoms with Crippen molar-refractivity contribution in [2.75, 3.05) is 56.5 Å². The van der Waals surface area contributed by atoms with Gasteiger partial charge in [0.15, 0.2) is 0 Å². The lowest BCUT2D eigenvalue weighted by Crippen LogP contribution is -2.44. The van der Waals surface area contributed by atoms with Crippen LogP contribution in [0.15, 0.2) is 53.5 Å². The van der Waals surface area contributed by atoms with Gasteiger partial charge in [0.2, 0.25) is 11.9 Å². The molecule has 224 valence electrons. The first-order valence-corrected chi connectivity index (χ1v) is 15.3. The third-order valence-corrected chi connectivity index (χ3v) is 9.06. The molecule has 2 aliphatic rings. The zero-order chi connectivity index (χ0) is 30.2. The molecule has 0 spiro atoms. The van der Waals surface area contributed by atoms with Crippen LogP contribution in [0, 0.1) is 13.8 Å². The van der Waals surface area contributed by atoms with Gasteiger partial charge in [0.05, 0.1) is 11.6 Å². The number of aromatic nitrogens is 3. The SMILES string of the molecule is CC(=O)N1CCC[C@H](n2c(=O)c(-c3cccc(Cl)c3)c(C)c3cnc(Nc4ccc(N5CCN(C)CC5)c(C)c4)nc32)C1. The number of piperazine rings is 1. The van der Waals surface area contributed by atoms with Crippen molar-refractivity contribution in [3.05, 3.63) is 75.2 Å². The van der Waals surface area contributed by atoms with Gasteiger partial charge < -0.3 is 20.0 Å². The van der Waals surface area contributed by atoms with E-state index in [1.165, 1.54) is 11.3 Å². The number of likely N-dealkylation sites (tertiary alicyclic amines) is 1. The molecule has 0 saturated carbocycles. The Labute approximate surface area is 257 Å². The molecule has 0 radical (unpaired) electrons. The van der Waals surface area contributed by atoms with Crippen LogP contribution in [0.3, 0.4) is 0 Å². The van der Waals surface area contributed by atoms with Gasteiger partial charge in [-0.1, -0.05) is 23.7 Å². The van der Waals surface area contributed by atoms with Crippen LogP contribution >= 0.6 is 11.6 Å². The van der Waals surface area contributed by atoms with Gasteiger partial charge in [-0.15, -0.1) is 0 Å². The lowest BCUT2D eigenvalue weighted by Gasteiger charge is -2.35. The fraction of sp³-hybridized carbons (Fsp3) is 0.394. The summed E-state index contributed by atoms with van der Waals surface area (Å²) in [6, 6.07) is 13.5. The number of likely N-dealkylation sites (N-methyl/N-ethyl adjacent to an activating group) is 1. The van der Waals surface area contributed by atoms with Crippen molar-refractivity contribution in [2.45, 2.75) is 39.7 Å². The number of piperidine rings is 1. The van der Waals surface area contributed by atoms with E-state index < -0.39 is 0 Å². The Morgan fingerprint density at radius 3 is 2.56 bits per heavy atom. The monoisotopic (exact) mass is 599 g/mol. The van der Waals surface area contributed by atoms with E-state index >= 15 is 0 Å². The Balaban J connectivity index is 1.41. The third kappa shape index (κ3) is 5.84. The van der Waals surface area contributed by atoms with Crippen molar-refractivity contribution >= 4 is 45.9 Å². The van der Waals surface area contributed by atoms with Crippen LogP contribution in [0.5, 0.6) is 0 Å². The highest BCUT2D eigenvalue weighted by molar-refractivity contribution is 6.30. The second-order valence-corrected chi connectivity index (χ2v) is 12.2. The Morgan fingerprint density at radius 1 is 1.05 bits per heavy atom. The van der Waals surface area contributed by atoms with E-state index in [1.54, 1.807) is 23.8 Å². The molecule has 1 N–H and O–H groups in total. The van der Waals surface area contributed by atoms with Crippen molar-refractivity contribution in [3.8, 4) is 11.1 Å². The number of carbonyl (C=O) groups is 1. The Bertz CT molecular complexity index is 1750. The number of amides is 1.